The van der Waals surface area contributed by atoms with Crippen LogP contribution in [0.1, 0.15) is 13.3 Å². The number of hydrogen-bond acceptors (Lipinski definition) is 2. The summed E-state index contributed by atoms with van der Waals surface area (Å²) in [6.45, 7) is 5.99. The van der Waals surface area contributed by atoms with Crippen molar-refractivity contribution in [2.24, 2.45) is 11.8 Å². The smallest absolute Gasteiger partial charge is 0.0652 e. The van der Waals surface area contributed by atoms with Crippen LogP contribution < -0.4 is 0 Å². The number of fused-ring (bicyclic) bond motifs is 2. The van der Waals surface area contributed by atoms with Crippen LogP contribution in [0.3, 0.4) is 0 Å². The lowest BCUT2D eigenvalue weighted by molar-refractivity contribution is -0.126. The highest BCUT2D eigenvalue weighted by Crippen LogP contribution is 2.41. The second-order valence-corrected chi connectivity index (χ2v) is 3.81. The summed E-state index contributed by atoms with van der Waals surface area (Å²) in [6, 6.07) is 0. The molecule has 0 N–H and O–H groups in total. The molecule has 2 heterocycles. The van der Waals surface area contributed by atoms with Gasteiger partial charge in [0.1, 0.15) is 0 Å². The maximum atomic E-state index is 5.42. The van der Waals surface area contributed by atoms with Crippen LogP contribution in [0.4, 0.5) is 0 Å². The van der Waals surface area contributed by atoms with E-state index in [1.54, 1.807) is 0 Å². The van der Waals surface area contributed by atoms with Crippen LogP contribution in [0.25, 0.3) is 0 Å². The zero-order valence-corrected chi connectivity index (χ0v) is 7.42. The molecule has 1 unspecified atom stereocenters. The van der Waals surface area contributed by atoms with Gasteiger partial charge in [-0.05, 0) is 24.8 Å². The average Bonchev–Trinajstić information content (AvgIpc) is 2.05. The highest BCUT2D eigenvalue weighted by molar-refractivity contribution is 4.97. The largest absolute Gasteiger partial charge is 0.381 e. The van der Waals surface area contributed by atoms with Crippen molar-refractivity contribution in [3.8, 4) is 0 Å². The van der Waals surface area contributed by atoms with E-state index in [1.807, 2.05) is 7.11 Å². The number of hydrogen-bond donors (Lipinski definition) is 0. The molecular formula is C9H17NO. The fourth-order valence-electron chi connectivity index (χ4n) is 2.58. The van der Waals surface area contributed by atoms with Crippen molar-refractivity contribution < 1.29 is 4.74 Å². The Bertz CT molecular complexity index is 136. The summed E-state index contributed by atoms with van der Waals surface area (Å²) in [5.74, 6) is 1.69. The Labute approximate surface area is 68.5 Å². The lowest BCUT2D eigenvalue weighted by atomic mass is 9.68. The molecule has 3 aliphatic rings. The van der Waals surface area contributed by atoms with Crippen molar-refractivity contribution in [2.75, 3.05) is 26.7 Å². The highest BCUT2D eigenvalue weighted by Gasteiger charge is 2.46. The quantitative estimate of drug-likeness (QED) is 0.589. The van der Waals surface area contributed by atoms with E-state index < -0.39 is 0 Å². The fourth-order valence-corrected chi connectivity index (χ4v) is 2.58. The third-order valence-electron chi connectivity index (χ3n) is 3.24. The minimum atomic E-state index is 0.595. The van der Waals surface area contributed by atoms with Gasteiger partial charge in [0.05, 0.1) is 6.10 Å². The van der Waals surface area contributed by atoms with E-state index in [1.165, 1.54) is 26.1 Å². The molecule has 0 spiro atoms. The van der Waals surface area contributed by atoms with E-state index in [9.17, 15) is 0 Å². The van der Waals surface area contributed by atoms with Gasteiger partial charge in [-0.1, -0.05) is 6.92 Å². The normalized spacial score (nSPS) is 43.6. The maximum absolute atomic E-state index is 5.42. The molecular weight excluding hydrogens is 138 g/mol. The molecule has 3 atom stereocenters. The summed E-state index contributed by atoms with van der Waals surface area (Å²) < 4.78 is 5.42. The van der Waals surface area contributed by atoms with E-state index >= 15 is 0 Å². The molecule has 0 aromatic carbocycles. The molecule has 64 valence electrons. The summed E-state index contributed by atoms with van der Waals surface area (Å²) in [6.07, 6.45) is 2.01. The van der Waals surface area contributed by atoms with Gasteiger partial charge in [-0.15, -0.1) is 0 Å². The molecule has 3 rings (SSSR count). The predicted octanol–water partition coefficient (Wildman–Crippen LogP) is 0.973. The summed E-state index contributed by atoms with van der Waals surface area (Å²) in [4.78, 5) is 2.54. The Morgan fingerprint density at radius 3 is 2.45 bits per heavy atom. The topological polar surface area (TPSA) is 12.5 Å². The van der Waals surface area contributed by atoms with Gasteiger partial charge in [-0.3, -0.25) is 0 Å². The van der Waals surface area contributed by atoms with Crippen LogP contribution in [0.15, 0.2) is 0 Å². The molecule has 2 saturated heterocycles. The standard InChI is InChI=1S/C9H17NO/c1-3-10-5-7-4-8(6-10)9(7)11-2/h7-9H,3-6H2,1-2H3/t7-,8+,9?. The van der Waals surface area contributed by atoms with E-state index in [2.05, 4.69) is 11.8 Å². The van der Waals surface area contributed by atoms with Gasteiger partial charge in [0.15, 0.2) is 0 Å². The highest BCUT2D eigenvalue weighted by atomic mass is 16.5. The molecule has 1 aliphatic carbocycles. The van der Waals surface area contributed by atoms with Gasteiger partial charge in [-0.2, -0.15) is 0 Å². The van der Waals surface area contributed by atoms with Crippen molar-refractivity contribution in [3.63, 3.8) is 0 Å². The molecule has 0 amide bonds. The van der Waals surface area contributed by atoms with Crippen LogP contribution in [0, 0.1) is 11.8 Å². The molecule has 2 bridgehead atoms. The second kappa shape index (κ2) is 2.76. The fraction of sp³-hybridized carbons (Fsp3) is 1.00. The second-order valence-electron chi connectivity index (χ2n) is 3.81. The SMILES string of the molecule is CCN1C[C@H]2C[C@@H](C1)C2OC. The van der Waals surface area contributed by atoms with E-state index in [-0.39, 0.29) is 0 Å². The summed E-state index contributed by atoms with van der Waals surface area (Å²) in [5, 5.41) is 0. The minimum absolute atomic E-state index is 0.595. The number of ether oxygens (including phenoxy) is 1. The molecule has 3 fully saturated rings. The van der Waals surface area contributed by atoms with Crippen molar-refractivity contribution in [2.45, 2.75) is 19.4 Å². The Kier molecular flexibility index (Phi) is 1.90. The molecule has 0 aromatic heterocycles. The van der Waals surface area contributed by atoms with E-state index in [0.29, 0.717) is 6.10 Å². The first-order chi connectivity index (χ1) is 5.35. The van der Waals surface area contributed by atoms with Crippen LogP contribution in [-0.4, -0.2) is 37.7 Å². The molecule has 1 saturated carbocycles. The van der Waals surface area contributed by atoms with Gasteiger partial charge in [0.25, 0.3) is 0 Å². The third kappa shape index (κ3) is 1.09. The Morgan fingerprint density at radius 1 is 1.36 bits per heavy atom. The van der Waals surface area contributed by atoms with Gasteiger partial charge >= 0.3 is 0 Å². The van der Waals surface area contributed by atoms with Crippen LogP contribution in [0.2, 0.25) is 0 Å². The van der Waals surface area contributed by atoms with Gasteiger partial charge in [0, 0.05) is 20.2 Å². The van der Waals surface area contributed by atoms with Crippen LogP contribution in [-0.2, 0) is 4.74 Å². The lowest BCUT2D eigenvalue weighted by Gasteiger charge is -2.52. The molecule has 2 nitrogen and oxygen atoms in total. The lowest BCUT2D eigenvalue weighted by Crippen LogP contribution is -2.58. The number of rotatable bonds is 2. The van der Waals surface area contributed by atoms with Crippen LogP contribution >= 0.6 is 0 Å². The van der Waals surface area contributed by atoms with Gasteiger partial charge in [0.2, 0.25) is 0 Å². The Balaban J connectivity index is 1.91. The monoisotopic (exact) mass is 155 g/mol. The van der Waals surface area contributed by atoms with Crippen molar-refractivity contribution in [3.05, 3.63) is 0 Å². The number of nitrogens with zero attached hydrogens (tertiary/aromatic N) is 1. The van der Waals surface area contributed by atoms with Gasteiger partial charge in [-0.25, -0.2) is 0 Å². The molecule has 0 radical (unpaired) electrons. The summed E-state index contributed by atoms with van der Waals surface area (Å²) >= 11 is 0. The third-order valence-corrected chi connectivity index (χ3v) is 3.24. The van der Waals surface area contributed by atoms with Crippen LogP contribution in [0.5, 0.6) is 0 Å². The number of piperidine rings is 2. The van der Waals surface area contributed by atoms with Crippen molar-refractivity contribution in [1.82, 2.24) is 4.90 Å². The van der Waals surface area contributed by atoms with Gasteiger partial charge < -0.3 is 9.64 Å². The molecule has 2 heteroatoms. The minimum Gasteiger partial charge on any atom is -0.381 e. The zero-order chi connectivity index (χ0) is 7.84. The number of methoxy groups -OCH3 is 1. The Hall–Kier alpha value is -0.0800. The first-order valence-electron chi connectivity index (χ1n) is 4.60. The molecule has 11 heavy (non-hydrogen) atoms. The summed E-state index contributed by atoms with van der Waals surface area (Å²) in [7, 11) is 1.85. The molecule has 2 aliphatic heterocycles. The Morgan fingerprint density at radius 2 is 2.00 bits per heavy atom. The van der Waals surface area contributed by atoms with E-state index in [4.69, 9.17) is 4.74 Å². The molecule has 0 aromatic rings. The predicted molar refractivity (Wildman–Crippen MR) is 44.5 cm³/mol. The van der Waals surface area contributed by atoms with Crippen molar-refractivity contribution >= 4 is 0 Å². The first-order valence-corrected chi connectivity index (χ1v) is 4.60. The summed E-state index contributed by atoms with van der Waals surface area (Å²) in [5.41, 5.74) is 0. The average molecular weight is 155 g/mol. The zero-order valence-electron chi connectivity index (χ0n) is 7.42. The van der Waals surface area contributed by atoms with Crippen molar-refractivity contribution in [1.29, 1.82) is 0 Å². The van der Waals surface area contributed by atoms with E-state index in [0.717, 1.165) is 11.8 Å². The maximum Gasteiger partial charge on any atom is 0.0652 e. The first kappa shape index (κ1) is 7.56.